The molecule has 2 heterocycles. The number of aliphatic hydroxyl groups is 1. The molecule has 20 heavy (non-hydrogen) atoms. The Hall–Kier alpha value is -1.36. The SMILES string of the molecule is Cn1cc(CCC(=O)N2CC[C@@](C)(O)C(C)(C)C2)cn1. The lowest BCUT2D eigenvalue weighted by Crippen LogP contribution is -2.57. The third kappa shape index (κ3) is 3.03. The second-order valence-corrected chi connectivity index (χ2v) is 6.75. The van der Waals surface area contributed by atoms with E-state index in [2.05, 4.69) is 5.10 Å². The third-order valence-electron chi connectivity index (χ3n) is 4.65. The number of aromatic nitrogens is 2. The van der Waals surface area contributed by atoms with Crippen molar-refractivity contribution in [3.63, 3.8) is 0 Å². The van der Waals surface area contributed by atoms with E-state index in [0.29, 0.717) is 25.9 Å². The maximum atomic E-state index is 12.3. The molecule has 1 atom stereocenters. The third-order valence-corrected chi connectivity index (χ3v) is 4.65. The largest absolute Gasteiger partial charge is 0.389 e. The van der Waals surface area contributed by atoms with Crippen LogP contribution in [0.3, 0.4) is 0 Å². The minimum atomic E-state index is -0.701. The van der Waals surface area contributed by atoms with Gasteiger partial charge in [-0.2, -0.15) is 5.10 Å². The molecule has 0 aromatic carbocycles. The van der Waals surface area contributed by atoms with E-state index in [1.165, 1.54) is 0 Å². The number of hydrogen-bond donors (Lipinski definition) is 1. The molecule has 1 fully saturated rings. The Morgan fingerprint density at radius 2 is 2.15 bits per heavy atom. The van der Waals surface area contributed by atoms with Crippen molar-refractivity contribution < 1.29 is 9.90 Å². The minimum Gasteiger partial charge on any atom is -0.389 e. The van der Waals surface area contributed by atoms with Crippen LogP contribution in [0.1, 0.15) is 39.2 Å². The summed E-state index contributed by atoms with van der Waals surface area (Å²) in [6.45, 7) is 7.17. The summed E-state index contributed by atoms with van der Waals surface area (Å²) in [6.07, 6.45) is 5.61. The number of likely N-dealkylation sites (tertiary alicyclic amines) is 1. The molecule has 112 valence electrons. The summed E-state index contributed by atoms with van der Waals surface area (Å²) < 4.78 is 1.75. The quantitative estimate of drug-likeness (QED) is 0.909. The Morgan fingerprint density at radius 3 is 2.70 bits per heavy atom. The molecule has 5 heteroatoms. The summed E-state index contributed by atoms with van der Waals surface area (Å²) in [5.74, 6) is 0.164. The molecular weight excluding hydrogens is 254 g/mol. The molecule has 0 aliphatic carbocycles. The molecule has 0 saturated carbocycles. The molecule has 0 bridgehead atoms. The summed E-state index contributed by atoms with van der Waals surface area (Å²) in [5.41, 5.74) is 0.117. The number of rotatable bonds is 3. The van der Waals surface area contributed by atoms with Crippen LogP contribution in [0.15, 0.2) is 12.4 Å². The number of hydrogen-bond acceptors (Lipinski definition) is 3. The highest BCUT2D eigenvalue weighted by Crippen LogP contribution is 2.38. The van der Waals surface area contributed by atoms with Gasteiger partial charge in [0.15, 0.2) is 0 Å². The molecule has 1 aromatic rings. The normalized spacial score (nSPS) is 25.8. The Labute approximate surface area is 120 Å². The number of amides is 1. The number of carbonyl (C=O) groups excluding carboxylic acids is 1. The zero-order valence-electron chi connectivity index (χ0n) is 12.9. The average molecular weight is 279 g/mol. The summed E-state index contributed by atoms with van der Waals surface area (Å²) >= 11 is 0. The van der Waals surface area contributed by atoms with Gasteiger partial charge in [0.1, 0.15) is 0 Å². The van der Waals surface area contributed by atoms with Gasteiger partial charge in [0.2, 0.25) is 5.91 Å². The fraction of sp³-hybridized carbons (Fsp3) is 0.733. The standard InChI is InChI=1S/C15H25N3O2/c1-14(2)11-18(8-7-15(14,3)20)13(19)6-5-12-9-16-17(4)10-12/h9-10,20H,5-8,11H2,1-4H3/t15-/m1/s1. The number of carbonyl (C=O) groups is 1. The highest BCUT2D eigenvalue weighted by Gasteiger charge is 2.44. The van der Waals surface area contributed by atoms with Gasteiger partial charge < -0.3 is 10.0 Å². The topological polar surface area (TPSA) is 58.4 Å². The monoisotopic (exact) mass is 279 g/mol. The zero-order chi connectivity index (χ0) is 15.0. The highest BCUT2D eigenvalue weighted by molar-refractivity contribution is 5.76. The van der Waals surface area contributed by atoms with Crippen molar-refractivity contribution in [2.24, 2.45) is 12.5 Å². The first-order chi connectivity index (χ1) is 9.21. The number of nitrogens with zero attached hydrogens (tertiary/aromatic N) is 3. The lowest BCUT2D eigenvalue weighted by atomic mass is 9.71. The first-order valence-corrected chi connectivity index (χ1v) is 7.19. The minimum absolute atomic E-state index is 0.164. The second-order valence-electron chi connectivity index (χ2n) is 6.75. The summed E-state index contributed by atoms with van der Waals surface area (Å²) in [4.78, 5) is 14.2. The van der Waals surface area contributed by atoms with Crippen molar-refractivity contribution in [2.75, 3.05) is 13.1 Å². The molecule has 2 rings (SSSR count). The van der Waals surface area contributed by atoms with E-state index in [-0.39, 0.29) is 11.3 Å². The van der Waals surface area contributed by atoms with Gasteiger partial charge >= 0.3 is 0 Å². The Morgan fingerprint density at radius 1 is 1.45 bits per heavy atom. The van der Waals surface area contributed by atoms with Gasteiger partial charge in [0.05, 0.1) is 11.8 Å². The predicted molar refractivity (Wildman–Crippen MR) is 77.1 cm³/mol. The zero-order valence-corrected chi connectivity index (χ0v) is 12.9. The molecule has 0 unspecified atom stereocenters. The molecule has 1 aromatic heterocycles. The van der Waals surface area contributed by atoms with E-state index in [0.717, 1.165) is 12.0 Å². The molecule has 5 nitrogen and oxygen atoms in total. The van der Waals surface area contributed by atoms with Gasteiger partial charge in [0.25, 0.3) is 0 Å². The lowest BCUT2D eigenvalue weighted by molar-refractivity contribution is -0.147. The van der Waals surface area contributed by atoms with Crippen molar-refractivity contribution in [2.45, 2.75) is 45.6 Å². The first-order valence-electron chi connectivity index (χ1n) is 7.19. The van der Waals surface area contributed by atoms with Gasteiger partial charge in [-0.15, -0.1) is 0 Å². The van der Waals surface area contributed by atoms with Gasteiger partial charge in [0, 0.05) is 38.2 Å². The van der Waals surface area contributed by atoms with E-state index in [9.17, 15) is 9.90 Å². The molecule has 0 spiro atoms. The van der Waals surface area contributed by atoms with Crippen LogP contribution in [-0.4, -0.2) is 44.4 Å². The number of piperidine rings is 1. The van der Waals surface area contributed by atoms with Crippen molar-refractivity contribution in [3.8, 4) is 0 Å². The molecule has 1 aliphatic rings. The van der Waals surface area contributed by atoms with Crippen LogP contribution in [0.25, 0.3) is 0 Å². The van der Waals surface area contributed by atoms with E-state index in [1.54, 1.807) is 10.9 Å². The Balaban J connectivity index is 1.91. The van der Waals surface area contributed by atoms with Crippen molar-refractivity contribution in [3.05, 3.63) is 18.0 Å². The van der Waals surface area contributed by atoms with Crippen molar-refractivity contribution in [1.29, 1.82) is 0 Å². The van der Waals surface area contributed by atoms with Crippen LogP contribution in [-0.2, 0) is 18.3 Å². The summed E-state index contributed by atoms with van der Waals surface area (Å²) in [7, 11) is 1.88. The summed E-state index contributed by atoms with van der Waals surface area (Å²) in [6, 6.07) is 0. The van der Waals surface area contributed by atoms with Crippen LogP contribution in [0.5, 0.6) is 0 Å². The molecule has 1 N–H and O–H groups in total. The van der Waals surface area contributed by atoms with Crippen LogP contribution >= 0.6 is 0 Å². The second kappa shape index (κ2) is 5.20. The maximum Gasteiger partial charge on any atom is 0.222 e. The Kier molecular flexibility index (Phi) is 3.91. The number of aryl methyl sites for hydroxylation is 2. The van der Waals surface area contributed by atoms with Crippen molar-refractivity contribution in [1.82, 2.24) is 14.7 Å². The van der Waals surface area contributed by atoms with Gasteiger partial charge in [-0.1, -0.05) is 13.8 Å². The molecule has 1 aliphatic heterocycles. The molecule has 1 saturated heterocycles. The van der Waals surface area contributed by atoms with Gasteiger partial charge in [-0.3, -0.25) is 9.48 Å². The lowest BCUT2D eigenvalue weighted by Gasteiger charge is -2.48. The van der Waals surface area contributed by atoms with Crippen LogP contribution in [0.4, 0.5) is 0 Å². The van der Waals surface area contributed by atoms with Crippen LogP contribution in [0, 0.1) is 5.41 Å². The van der Waals surface area contributed by atoms with Crippen molar-refractivity contribution >= 4 is 5.91 Å². The predicted octanol–water partition coefficient (Wildman–Crippen LogP) is 1.36. The highest BCUT2D eigenvalue weighted by atomic mass is 16.3. The molecule has 0 radical (unpaired) electrons. The van der Waals surface area contributed by atoms with E-state index in [4.69, 9.17) is 0 Å². The van der Waals surface area contributed by atoms with E-state index in [1.807, 2.05) is 38.9 Å². The van der Waals surface area contributed by atoms with Gasteiger partial charge in [-0.25, -0.2) is 0 Å². The summed E-state index contributed by atoms with van der Waals surface area (Å²) in [5, 5.41) is 14.5. The molecular formula is C15H25N3O2. The molecule has 1 amide bonds. The van der Waals surface area contributed by atoms with Crippen LogP contribution < -0.4 is 0 Å². The van der Waals surface area contributed by atoms with E-state index < -0.39 is 5.60 Å². The smallest absolute Gasteiger partial charge is 0.222 e. The van der Waals surface area contributed by atoms with Crippen LogP contribution in [0.2, 0.25) is 0 Å². The Bertz CT molecular complexity index is 491. The first kappa shape index (κ1) is 15.0. The van der Waals surface area contributed by atoms with Gasteiger partial charge in [-0.05, 0) is 25.3 Å². The maximum absolute atomic E-state index is 12.3. The van der Waals surface area contributed by atoms with E-state index >= 15 is 0 Å². The average Bonchev–Trinajstić information content (AvgIpc) is 2.76. The fourth-order valence-electron chi connectivity index (χ4n) is 2.64. The fourth-order valence-corrected chi connectivity index (χ4v) is 2.64.